The summed E-state index contributed by atoms with van der Waals surface area (Å²) in [6.45, 7) is 0. The maximum Gasteiger partial charge on any atom is 0.341 e. The van der Waals surface area contributed by atoms with Crippen LogP contribution in [0.2, 0.25) is 5.02 Å². The van der Waals surface area contributed by atoms with Gasteiger partial charge in [0.15, 0.2) is 0 Å². The molecule has 1 aromatic heterocycles. The van der Waals surface area contributed by atoms with Crippen LogP contribution < -0.4 is 0 Å². The van der Waals surface area contributed by atoms with E-state index in [1.165, 1.54) is 0 Å². The van der Waals surface area contributed by atoms with Crippen molar-refractivity contribution in [2.75, 3.05) is 7.11 Å². The molecule has 0 aliphatic carbocycles. The van der Waals surface area contributed by atoms with Crippen LogP contribution in [0.1, 0.15) is 22.5 Å². The molecule has 0 aromatic carbocycles. The van der Waals surface area contributed by atoms with E-state index in [4.69, 9.17) is 11.6 Å². The minimum absolute atomic E-state index is 0.454. The molecular weight excluding hydrogens is 235 g/mol. The van der Waals surface area contributed by atoms with Gasteiger partial charge in [-0.2, -0.15) is 4.39 Å². The van der Waals surface area contributed by atoms with Crippen molar-refractivity contribution in [3.05, 3.63) is 28.3 Å². The van der Waals surface area contributed by atoms with E-state index in [0.29, 0.717) is 6.07 Å². The average molecular weight is 240 g/mol. The second kappa shape index (κ2) is 4.48. The summed E-state index contributed by atoms with van der Waals surface area (Å²) in [5.41, 5.74) is -1.64. The Labute approximate surface area is 87.8 Å². The second-order valence-corrected chi connectivity index (χ2v) is 2.89. The van der Waals surface area contributed by atoms with Crippen molar-refractivity contribution in [1.82, 2.24) is 4.98 Å². The molecule has 0 atom stereocenters. The fraction of sp³-hybridized carbons (Fsp3) is 0.250. The Morgan fingerprint density at radius 3 is 2.67 bits per heavy atom. The first-order chi connectivity index (χ1) is 6.97. The third kappa shape index (κ3) is 2.38. The maximum absolute atomic E-state index is 12.7. The molecule has 0 saturated carbocycles. The summed E-state index contributed by atoms with van der Waals surface area (Å²) in [6, 6.07) is 0.666. The molecule has 3 nitrogen and oxygen atoms in total. The molecule has 0 spiro atoms. The Morgan fingerprint density at radius 1 is 1.60 bits per heavy atom. The molecule has 0 N–H and O–H groups in total. The van der Waals surface area contributed by atoms with Crippen molar-refractivity contribution in [2.24, 2.45) is 0 Å². The first-order valence-electron chi connectivity index (χ1n) is 3.69. The highest BCUT2D eigenvalue weighted by molar-refractivity contribution is 6.33. The lowest BCUT2D eigenvalue weighted by Gasteiger charge is -2.07. The predicted molar refractivity (Wildman–Crippen MR) is 45.5 cm³/mol. The van der Waals surface area contributed by atoms with Gasteiger partial charge >= 0.3 is 5.97 Å². The Morgan fingerprint density at radius 2 is 2.20 bits per heavy atom. The number of carbonyl (C=O) groups is 1. The summed E-state index contributed by atoms with van der Waals surface area (Å²) >= 11 is 5.44. The van der Waals surface area contributed by atoms with Crippen LogP contribution in [0.15, 0.2) is 6.07 Å². The minimum Gasteiger partial charge on any atom is -0.465 e. The van der Waals surface area contributed by atoms with Crippen LogP contribution in [0.5, 0.6) is 0 Å². The quantitative estimate of drug-likeness (QED) is 0.588. The summed E-state index contributed by atoms with van der Waals surface area (Å²) in [6.07, 6.45) is -3.10. The fourth-order valence-electron chi connectivity index (χ4n) is 0.964. The lowest BCUT2D eigenvalue weighted by Crippen LogP contribution is -2.10. The zero-order chi connectivity index (χ0) is 11.6. The van der Waals surface area contributed by atoms with E-state index >= 15 is 0 Å². The molecule has 7 heteroatoms. The molecule has 0 fully saturated rings. The van der Waals surface area contributed by atoms with E-state index in [2.05, 4.69) is 9.72 Å². The molecule has 82 valence electrons. The number of esters is 1. The number of hydrogen-bond acceptors (Lipinski definition) is 3. The van der Waals surface area contributed by atoms with Gasteiger partial charge in [0.05, 0.1) is 12.1 Å². The van der Waals surface area contributed by atoms with Crippen LogP contribution in [0.4, 0.5) is 13.2 Å². The van der Waals surface area contributed by atoms with Crippen LogP contribution in [0, 0.1) is 5.95 Å². The van der Waals surface area contributed by atoms with Crippen molar-refractivity contribution < 1.29 is 22.7 Å². The number of alkyl halides is 2. The summed E-state index contributed by atoms with van der Waals surface area (Å²) in [5, 5.41) is -0.454. The van der Waals surface area contributed by atoms with Gasteiger partial charge < -0.3 is 4.74 Å². The molecule has 1 heterocycles. The molecular formula is C8H5ClF3NO2. The van der Waals surface area contributed by atoms with Crippen LogP contribution in [0.25, 0.3) is 0 Å². The molecule has 0 bridgehead atoms. The lowest BCUT2D eigenvalue weighted by molar-refractivity contribution is 0.0587. The van der Waals surface area contributed by atoms with E-state index in [1.54, 1.807) is 0 Å². The molecule has 0 amide bonds. The monoisotopic (exact) mass is 239 g/mol. The van der Waals surface area contributed by atoms with Crippen molar-refractivity contribution in [1.29, 1.82) is 0 Å². The van der Waals surface area contributed by atoms with Crippen molar-refractivity contribution in [3.8, 4) is 0 Å². The van der Waals surface area contributed by atoms with E-state index in [-0.39, 0.29) is 0 Å². The molecule has 15 heavy (non-hydrogen) atoms. The van der Waals surface area contributed by atoms with E-state index in [9.17, 15) is 18.0 Å². The van der Waals surface area contributed by atoms with Crippen LogP contribution in [-0.4, -0.2) is 18.1 Å². The molecule has 1 rings (SSSR count). The zero-order valence-electron chi connectivity index (χ0n) is 7.43. The predicted octanol–water partition coefficient (Wildman–Crippen LogP) is 2.60. The van der Waals surface area contributed by atoms with Gasteiger partial charge in [-0.1, -0.05) is 11.6 Å². The van der Waals surface area contributed by atoms with Gasteiger partial charge in [-0.3, -0.25) is 0 Å². The Bertz CT molecular complexity index is 398. The normalized spacial score (nSPS) is 10.5. The fourth-order valence-corrected chi connectivity index (χ4v) is 1.23. The van der Waals surface area contributed by atoms with Gasteiger partial charge in [0, 0.05) is 6.07 Å². The zero-order valence-corrected chi connectivity index (χ0v) is 8.19. The van der Waals surface area contributed by atoms with Crippen LogP contribution >= 0.6 is 11.6 Å². The number of methoxy groups -OCH3 is 1. The van der Waals surface area contributed by atoms with Crippen molar-refractivity contribution >= 4 is 17.6 Å². The Kier molecular flexibility index (Phi) is 3.52. The topological polar surface area (TPSA) is 39.2 Å². The van der Waals surface area contributed by atoms with Crippen molar-refractivity contribution in [3.63, 3.8) is 0 Å². The molecule has 0 radical (unpaired) electrons. The van der Waals surface area contributed by atoms with E-state index in [1.807, 2.05) is 0 Å². The summed E-state index contributed by atoms with van der Waals surface area (Å²) in [4.78, 5) is 14.0. The number of halogens is 4. The van der Waals surface area contributed by atoms with Gasteiger partial charge in [-0.05, 0) is 0 Å². The van der Waals surface area contributed by atoms with E-state index < -0.39 is 34.6 Å². The third-order valence-electron chi connectivity index (χ3n) is 1.56. The van der Waals surface area contributed by atoms with Gasteiger partial charge in [0.1, 0.15) is 11.3 Å². The number of rotatable bonds is 2. The highest BCUT2D eigenvalue weighted by atomic mass is 35.5. The van der Waals surface area contributed by atoms with Gasteiger partial charge in [0.25, 0.3) is 6.43 Å². The van der Waals surface area contributed by atoms with Crippen molar-refractivity contribution in [2.45, 2.75) is 6.43 Å². The maximum atomic E-state index is 12.7. The number of carbonyl (C=O) groups excluding carboxylic acids is 1. The summed E-state index contributed by atoms with van der Waals surface area (Å²) in [5.74, 6) is -2.26. The number of aromatic nitrogens is 1. The SMILES string of the molecule is COC(=O)c1c(Cl)cc(F)nc1C(F)F. The smallest absolute Gasteiger partial charge is 0.341 e. The average Bonchev–Trinajstić information content (AvgIpc) is 2.15. The second-order valence-electron chi connectivity index (χ2n) is 2.48. The highest BCUT2D eigenvalue weighted by Gasteiger charge is 2.25. The van der Waals surface area contributed by atoms with Gasteiger partial charge in [-0.25, -0.2) is 18.6 Å². The first-order valence-corrected chi connectivity index (χ1v) is 4.07. The first kappa shape index (κ1) is 11.8. The Hall–Kier alpha value is -1.30. The number of ether oxygens (including phenoxy) is 1. The molecule has 0 unspecified atom stereocenters. The standard InChI is InChI=1S/C8H5ClF3NO2/c1-15-8(14)5-3(9)2-4(10)13-6(5)7(11)12/h2,7H,1H3. The lowest BCUT2D eigenvalue weighted by atomic mass is 10.2. The molecule has 0 aliphatic rings. The summed E-state index contributed by atoms with van der Waals surface area (Å²) in [7, 11) is 0.997. The van der Waals surface area contributed by atoms with Crippen LogP contribution in [-0.2, 0) is 4.74 Å². The molecule has 1 aromatic rings. The van der Waals surface area contributed by atoms with Crippen LogP contribution in [0.3, 0.4) is 0 Å². The number of pyridine rings is 1. The highest BCUT2D eigenvalue weighted by Crippen LogP contribution is 2.27. The van der Waals surface area contributed by atoms with Gasteiger partial charge in [-0.15, -0.1) is 0 Å². The number of nitrogens with zero attached hydrogens (tertiary/aromatic N) is 1. The third-order valence-corrected chi connectivity index (χ3v) is 1.86. The Balaban J connectivity index is 3.40. The van der Waals surface area contributed by atoms with E-state index in [0.717, 1.165) is 7.11 Å². The minimum atomic E-state index is -3.10. The number of hydrogen-bond donors (Lipinski definition) is 0. The van der Waals surface area contributed by atoms with Gasteiger partial charge in [0.2, 0.25) is 5.95 Å². The largest absolute Gasteiger partial charge is 0.465 e. The summed E-state index contributed by atoms with van der Waals surface area (Å²) < 4.78 is 41.7. The molecule has 0 saturated heterocycles. The molecule has 0 aliphatic heterocycles.